The van der Waals surface area contributed by atoms with E-state index in [0.717, 1.165) is 68.6 Å². The minimum Gasteiger partial charge on any atom is -0.367 e. The lowest BCUT2D eigenvalue weighted by atomic mass is 10.1. The standard InChI is InChI=1S/C29H30FN9O/c1-38-9-11-39(12-10-38)22-8-4-7-20-26(22)35-28(34-20)27-23-21(36-37-27)16-32-25(24(23)30)18-13-19(15-31-14-18)33-29(40)17-5-2-3-6-17/h4,7-8,13-17H,2-3,5-6,9-12H2,1H3,(H,33,40)(H,34,35)(H,36,37). The molecule has 1 amide bonds. The minimum atomic E-state index is -0.526. The number of nitrogens with zero attached hydrogens (tertiary/aromatic N) is 6. The number of carbonyl (C=O) groups excluding carboxylic acids is 1. The number of piperazine rings is 1. The summed E-state index contributed by atoms with van der Waals surface area (Å²) in [5.41, 5.74) is 4.74. The zero-order chi connectivity index (χ0) is 27.2. The summed E-state index contributed by atoms with van der Waals surface area (Å²) in [6.45, 7) is 3.81. The average molecular weight is 540 g/mol. The second-order valence-corrected chi connectivity index (χ2v) is 10.8. The lowest BCUT2D eigenvalue weighted by Crippen LogP contribution is -2.44. The van der Waals surface area contributed by atoms with Gasteiger partial charge in [-0.3, -0.25) is 19.9 Å². The molecular formula is C29H30FN9O. The third-order valence-electron chi connectivity index (χ3n) is 8.11. The summed E-state index contributed by atoms with van der Waals surface area (Å²) < 4.78 is 16.1. The van der Waals surface area contributed by atoms with E-state index < -0.39 is 5.82 Å². The highest BCUT2D eigenvalue weighted by molar-refractivity contribution is 5.98. The fourth-order valence-corrected chi connectivity index (χ4v) is 5.85. The van der Waals surface area contributed by atoms with Gasteiger partial charge in [-0.05, 0) is 38.1 Å². The van der Waals surface area contributed by atoms with Crippen LogP contribution in [0.15, 0.2) is 42.9 Å². The van der Waals surface area contributed by atoms with Gasteiger partial charge in [0.1, 0.15) is 16.9 Å². The Morgan fingerprint density at radius 2 is 1.88 bits per heavy atom. The summed E-state index contributed by atoms with van der Waals surface area (Å²) in [6.07, 6.45) is 8.61. The quantitative estimate of drug-likeness (QED) is 0.299. The Hall–Kier alpha value is -4.38. The molecule has 1 aliphatic carbocycles. The molecule has 1 saturated heterocycles. The number of aromatic nitrogens is 6. The number of pyridine rings is 2. The van der Waals surface area contributed by atoms with Crippen molar-refractivity contribution >= 4 is 39.2 Å². The maximum atomic E-state index is 16.1. The Balaban J connectivity index is 1.24. The number of carbonyl (C=O) groups is 1. The molecule has 2 aliphatic rings. The van der Waals surface area contributed by atoms with Crippen molar-refractivity contribution < 1.29 is 9.18 Å². The largest absolute Gasteiger partial charge is 0.367 e. The number of likely N-dealkylation sites (N-methyl/N-ethyl adjacent to an activating group) is 1. The summed E-state index contributed by atoms with van der Waals surface area (Å²) in [6, 6.07) is 7.77. The summed E-state index contributed by atoms with van der Waals surface area (Å²) in [5.74, 6) is -0.0427. The van der Waals surface area contributed by atoms with Crippen LogP contribution >= 0.6 is 0 Å². The normalized spacial score (nSPS) is 16.8. The van der Waals surface area contributed by atoms with Gasteiger partial charge in [0.15, 0.2) is 11.6 Å². The molecule has 0 atom stereocenters. The molecule has 7 rings (SSSR count). The molecular weight excluding hydrogens is 509 g/mol. The van der Waals surface area contributed by atoms with Gasteiger partial charge < -0.3 is 20.1 Å². The lowest BCUT2D eigenvalue weighted by Gasteiger charge is -2.34. The molecule has 3 N–H and O–H groups in total. The van der Waals surface area contributed by atoms with E-state index in [4.69, 9.17) is 4.98 Å². The molecule has 0 radical (unpaired) electrons. The molecule has 0 unspecified atom stereocenters. The van der Waals surface area contributed by atoms with Crippen molar-refractivity contribution in [3.8, 4) is 22.8 Å². The fraction of sp³-hybridized carbons (Fsp3) is 0.345. The molecule has 4 aromatic heterocycles. The molecule has 5 heterocycles. The van der Waals surface area contributed by atoms with Gasteiger partial charge in [-0.15, -0.1) is 0 Å². The van der Waals surface area contributed by atoms with E-state index in [1.54, 1.807) is 24.7 Å². The molecule has 1 aromatic carbocycles. The van der Waals surface area contributed by atoms with Crippen molar-refractivity contribution in [2.75, 3.05) is 43.4 Å². The molecule has 1 aliphatic heterocycles. The Bertz CT molecular complexity index is 1710. The molecule has 40 heavy (non-hydrogen) atoms. The van der Waals surface area contributed by atoms with Gasteiger partial charge >= 0.3 is 0 Å². The van der Waals surface area contributed by atoms with Crippen LogP contribution in [0.25, 0.3) is 44.7 Å². The lowest BCUT2D eigenvalue weighted by molar-refractivity contribution is -0.119. The second-order valence-electron chi connectivity index (χ2n) is 10.8. The Kier molecular flexibility index (Phi) is 6.15. The van der Waals surface area contributed by atoms with Crippen molar-refractivity contribution in [3.05, 3.63) is 48.7 Å². The molecule has 11 heteroatoms. The number of hydrogen-bond donors (Lipinski definition) is 3. The maximum Gasteiger partial charge on any atom is 0.227 e. The number of hydrogen-bond acceptors (Lipinski definition) is 7. The summed E-state index contributed by atoms with van der Waals surface area (Å²) in [7, 11) is 2.13. The van der Waals surface area contributed by atoms with E-state index in [0.29, 0.717) is 33.7 Å². The van der Waals surface area contributed by atoms with Crippen LogP contribution in [0.4, 0.5) is 15.8 Å². The number of H-pyrrole nitrogens is 2. The fourth-order valence-electron chi connectivity index (χ4n) is 5.85. The number of halogens is 1. The van der Waals surface area contributed by atoms with Gasteiger partial charge in [0.05, 0.1) is 40.2 Å². The molecule has 1 saturated carbocycles. The van der Waals surface area contributed by atoms with E-state index >= 15 is 4.39 Å². The summed E-state index contributed by atoms with van der Waals surface area (Å²) >= 11 is 0. The zero-order valence-corrected chi connectivity index (χ0v) is 22.2. The molecule has 204 valence electrons. The number of aromatic amines is 2. The van der Waals surface area contributed by atoms with Crippen molar-refractivity contribution in [3.63, 3.8) is 0 Å². The first-order valence-electron chi connectivity index (χ1n) is 13.8. The van der Waals surface area contributed by atoms with Gasteiger partial charge in [0.2, 0.25) is 5.91 Å². The number of amides is 1. The van der Waals surface area contributed by atoms with Crippen LogP contribution in [0.5, 0.6) is 0 Å². The average Bonchev–Trinajstić information content (AvgIpc) is 3.73. The number of nitrogens with one attached hydrogen (secondary N) is 3. The summed E-state index contributed by atoms with van der Waals surface area (Å²) in [5, 5.41) is 10.6. The smallest absolute Gasteiger partial charge is 0.227 e. The SMILES string of the molecule is CN1CCN(c2cccc3[nH]c(-c4n[nH]c5cnc(-c6cncc(NC(=O)C7CCCC7)c6)c(F)c45)nc23)CC1. The number of para-hydroxylation sites is 1. The monoisotopic (exact) mass is 539 g/mol. The Morgan fingerprint density at radius 1 is 1.05 bits per heavy atom. The van der Waals surface area contributed by atoms with Crippen molar-refractivity contribution in [1.82, 2.24) is 35.0 Å². The van der Waals surface area contributed by atoms with E-state index in [9.17, 15) is 4.79 Å². The van der Waals surface area contributed by atoms with Crippen LogP contribution in [0.2, 0.25) is 0 Å². The minimum absolute atomic E-state index is 0.0155. The molecule has 5 aromatic rings. The van der Waals surface area contributed by atoms with Crippen LogP contribution in [0.1, 0.15) is 25.7 Å². The highest BCUT2D eigenvalue weighted by atomic mass is 19.1. The van der Waals surface area contributed by atoms with Crippen molar-refractivity contribution in [2.45, 2.75) is 25.7 Å². The molecule has 10 nitrogen and oxygen atoms in total. The molecule has 2 fully saturated rings. The van der Waals surface area contributed by atoms with E-state index in [-0.39, 0.29) is 17.5 Å². The van der Waals surface area contributed by atoms with Gasteiger partial charge in [-0.25, -0.2) is 9.37 Å². The van der Waals surface area contributed by atoms with Crippen LogP contribution in [0, 0.1) is 11.7 Å². The maximum absolute atomic E-state index is 16.1. The first-order chi connectivity index (χ1) is 19.5. The topological polar surface area (TPSA) is 119 Å². The van der Waals surface area contributed by atoms with Gasteiger partial charge in [-0.1, -0.05) is 18.9 Å². The molecule has 0 spiro atoms. The number of rotatable bonds is 5. The van der Waals surface area contributed by atoms with Gasteiger partial charge in [0, 0.05) is 43.9 Å². The zero-order valence-electron chi connectivity index (χ0n) is 22.2. The van der Waals surface area contributed by atoms with Gasteiger partial charge in [-0.2, -0.15) is 5.10 Å². The predicted octanol–water partition coefficient (Wildman–Crippen LogP) is 4.58. The van der Waals surface area contributed by atoms with E-state index in [1.807, 2.05) is 12.1 Å². The van der Waals surface area contributed by atoms with Gasteiger partial charge in [0.25, 0.3) is 0 Å². The molecule has 0 bridgehead atoms. The third-order valence-corrected chi connectivity index (χ3v) is 8.11. The van der Waals surface area contributed by atoms with Crippen LogP contribution in [-0.4, -0.2) is 74.2 Å². The highest BCUT2D eigenvalue weighted by Gasteiger charge is 2.25. The Morgan fingerprint density at radius 3 is 2.70 bits per heavy atom. The third kappa shape index (κ3) is 4.36. The number of fused-ring (bicyclic) bond motifs is 2. The van der Waals surface area contributed by atoms with Crippen molar-refractivity contribution in [1.29, 1.82) is 0 Å². The van der Waals surface area contributed by atoms with Crippen molar-refractivity contribution in [2.24, 2.45) is 5.92 Å². The van der Waals surface area contributed by atoms with E-state index in [2.05, 4.69) is 53.4 Å². The van der Waals surface area contributed by atoms with Crippen LogP contribution in [-0.2, 0) is 4.79 Å². The summed E-state index contributed by atoms with van der Waals surface area (Å²) in [4.78, 5) is 34.1. The van der Waals surface area contributed by atoms with Crippen LogP contribution < -0.4 is 10.2 Å². The van der Waals surface area contributed by atoms with Crippen LogP contribution in [0.3, 0.4) is 0 Å². The predicted molar refractivity (Wildman–Crippen MR) is 152 cm³/mol. The number of benzene rings is 1. The van der Waals surface area contributed by atoms with E-state index in [1.165, 1.54) is 0 Å². The highest BCUT2D eigenvalue weighted by Crippen LogP contribution is 2.35. The first kappa shape index (κ1) is 24.6. The number of imidazole rings is 1. The Labute approximate surface area is 230 Å². The first-order valence-corrected chi connectivity index (χ1v) is 13.8. The second kappa shape index (κ2) is 9.98. The number of anilines is 2.